The van der Waals surface area contributed by atoms with E-state index in [1.165, 1.54) is 0 Å². The van der Waals surface area contributed by atoms with Crippen LogP contribution in [0.1, 0.15) is 13.8 Å². The summed E-state index contributed by atoms with van der Waals surface area (Å²) in [6.45, 7) is 2.66. The first kappa shape index (κ1) is 8.69. The van der Waals surface area contributed by atoms with E-state index >= 15 is 0 Å². The summed E-state index contributed by atoms with van der Waals surface area (Å²) < 4.78 is 16.5. The molecule has 4 heteroatoms. The molecule has 0 radical (unpaired) electrons. The lowest BCUT2D eigenvalue weighted by Crippen LogP contribution is -2.25. The number of alkyl halides is 2. The predicted molar refractivity (Wildman–Crippen MR) is 32.0 cm³/mol. The van der Waals surface area contributed by atoms with Crippen LogP contribution in [-0.4, -0.2) is 17.7 Å². The van der Waals surface area contributed by atoms with Gasteiger partial charge in [0.25, 0.3) is 5.13 Å². The average molecular weight is 155 g/mol. The molecule has 9 heavy (non-hydrogen) atoms. The molecule has 54 valence electrons. The molecule has 0 spiro atoms. The molecule has 1 atom stereocenters. The topological polar surface area (TPSA) is 26.3 Å². The Morgan fingerprint density at radius 1 is 1.89 bits per heavy atom. The van der Waals surface area contributed by atoms with Gasteiger partial charge in [-0.25, -0.2) is 9.18 Å². The maximum atomic E-state index is 12.3. The SMILES string of the molecule is CCOC(=O)C(C)(F)Cl. The zero-order chi connectivity index (χ0) is 7.49. The van der Waals surface area contributed by atoms with Crippen molar-refractivity contribution in [1.29, 1.82) is 0 Å². The summed E-state index contributed by atoms with van der Waals surface area (Å²) in [5, 5.41) is -2.38. The summed E-state index contributed by atoms with van der Waals surface area (Å²) in [5.74, 6) is -1.04. The quantitative estimate of drug-likeness (QED) is 0.445. The lowest BCUT2D eigenvalue weighted by molar-refractivity contribution is -0.150. The van der Waals surface area contributed by atoms with Crippen molar-refractivity contribution in [1.82, 2.24) is 0 Å². The second-order valence-electron chi connectivity index (χ2n) is 1.61. The highest BCUT2D eigenvalue weighted by Gasteiger charge is 2.31. The maximum absolute atomic E-state index is 12.3. The van der Waals surface area contributed by atoms with Gasteiger partial charge in [0.2, 0.25) is 0 Å². The van der Waals surface area contributed by atoms with Gasteiger partial charge in [-0.2, -0.15) is 0 Å². The molecule has 0 heterocycles. The van der Waals surface area contributed by atoms with Crippen LogP contribution in [-0.2, 0) is 9.53 Å². The molecule has 0 aliphatic carbocycles. The van der Waals surface area contributed by atoms with Gasteiger partial charge in [-0.05, 0) is 13.8 Å². The molecular formula is C5H8ClFO2. The van der Waals surface area contributed by atoms with Crippen molar-refractivity contribution in [2.45, 2.75) is 19.0 Å². The Kier molecular flexibility index (Phi) is 2.91. The van der Waals surface area contributed by atoms with Gasteiger partial charge in [0.1, 0.15) is 0 Å². The monoisotopic (exact) mass is 154 g/mol. The standard InChI is InChI=1S/C5H8ClFO2/c1-3-9-4(8)5(2,6)7/h3H2,1-2H3. The van der Waals surface area contributed by atoms with E-state index in [9.17, 15) is 9.18 Å². The van der Waals surface area contributed by atoms with Gasteiger partial charge in [0.05, 0.1) is 6.61 Å². The molecule has 0 saturated carbocycles. The van der Waals surface area contributed by atoms with Crippen LogP contribution in [0.5, 0.6) is 0 Å². The molecule has 2 nitrogen and oxygen atoms in total. The minimum Gasteiger partial charge on any atom is -0.463 e. The van der Waals surface area contributed by atoms with E-state index in [1.54, 1.807) is 6.92 Å². The van der Waals surface area contributed by atoms with Crippen molar-refractivity contribution in [2.75, 3.05) is 6.61 Å². The van der Waals surface area contributed by atoms with Gasteiger partial charge < -0.3 is 4.74 Å². The van der Waals surface area contributed by atoms with E-state index in [0.717, 1.165) is 6.92 Å². The summed E-state index contributed by atoms with van der Waals surface area (Å²) in [6, 6.07) is 0. The van der Waals surface area contributed by atoms with Gasteiger partial charge >= 0.3 is 5.97 Å². The molecule has 0 bridgehead atoms. The minimum absolute atomic E-state index is 0.144. The Hall–Kier alpha value is -0.310. The van der Waals surface area contributed by atoms with Crippen LogP contribution in [0, 0.1) is 0 Å². The van der Waals surface area contributed by atoms with Crippen LogP contribution in [0.2, 0.25) is 0 Å². The molecule has 1 unspecified atom stereocenters. The zero-order valence-corrected chi connectivity index (χ0v) is 6.04. The fourth-order valence-electron chi connectivity index (χ4n) is 0.258. The number of rotatable bonds is 2. The second-order valence-corrected chi connectivity index (χ2v) is 2.32. The van der Waals surface area contributed by atoms with E-state index in [4.69, 9.17) is 11.6 Å². The largest absolute Gasteiger partial charge is 0.463 e. The Labute approximate surface area is 57.9 Å². The van der Waals surface area contributed by atoms with Crippen molar-refractivity contribution < 1.29 is 13.9 Å². The van der Waals surface area contributed by atoms with Crippen molar-refractivity contribution >= 4 is 17.6 Å². The summed E-state index contributed by atoms with van der Waals surface area (Å²) in [5.41, 5.74) is 0. The zero-order valence-electron chi connectivity index (χ0n) is 5.28. The second kappa shape index (κ2) is 3.01. The fraction of sp³-hybridized carbons (Fsp3) is 0.800. The first-order valence-electron chi connectivity index (χ1n) is 2.53. The van der Waals surface area contributed by atoms with Gasteiger partial charge in [-0.1, -0.05) is 11.6 Å². The summed E-state index contributed by atoms with van der Waals surface area (Å²) in [4.78, 5) is 10.3. The smallest absolute Gasteiger partial charge is 0.359 e. The van der Waals surface area contributed by atoms with Crippen LogP contribution in [0.3, 0.4) is 0 Å². The van der Waals surface area contributed by atoms with Crippen LogP contribution in [0.25, 0.3) is 0 Å². The Balaban J connectivity index is 3.74. The molecule has 0 aliphatic heterocycles. The lowest BCUT2D eigenvalue weighted by atomic mass is 10.4. The molecule has 0 amide bonds. The first-order chi connectivity index (χ1) is 3.98. The van der Waals surface area contributed by atoms with Crippen molar-refractivity contribution in [3.63, 3.8) is 0 Å². The molecule has 0 aromatic rings. The molecule has 0 N–H and O–H groups in total. The van der Waals surface area contributed by atoms with Gasteiger partial charge in [0, 0.05) is 0 Å². The predicted octanol–water partition coefficient (Wildman–Crippen LogP) is 1.47. The number of ether oxygens (including phenoxy) is 1. The highest BCUT2D eigenvalue weighted by Crippen LogP contribution is 2.16. The Morgan fingerprint density at radius 2 is 2.33 bits per heavy atom. The van der Waals surface area contributed by atoms with Crippen LogP contribution >= 0.6 is 11.6 Å². The summed E-state index contributed by atoms with van der Waals surface area (Å²) >= 11 is 4.92. The Bertz CT molecular complexity index is 108. The normalized spacial score (nSPS) is 16.4. The summed E-state index contributed by atoms with van der Waals surface area (Å²) in [6.07, 6.45) is 0. The van der Waals surface area contributed by atoms with Gasteiger partial charge in [0.15, 0.2) is 0 Å². The van der Waals surface area contributed by atoms with E-state index in [0.29, 0.717) is 0 Å². The van der Waals surface area contributed by atoms with E-state index in [2.05, 4.69) is 4.74 Å². The third kappa shape index (κ3) is 3.30. The molecule has 0 aromatic heterocycles. The molecule has 0 saturated heterocycles. The average Bonchev–Trinajstić information content (AvgIpc) is 1.64. The molecular weight excluding hydrogens is 147 g/mol. The van der Waals surface area contributed by atoms with E-state index < -0.39 is 11.1 Å². The van der Waals surface area contributed by atoms with Crippen LogP contribution < -0.4 is 0 Å². The molecule has 0 aromatic carbocycles. The van der Waals surface area contributed by atoms with Crippen LogP contribution in [0.15, 0.2) is 0 Å². The van der Waals surface area contributed by atoms with Gasteiger partial charge in [-0.3, -0.25) is 0 Å². The highest BCUT2D eigenvalue weighted by molar-refractivity contribution is 6.32. The van der Waals surface area contributed by atoms with Gasteiger partial charge in [-0.15, -0.1) is 0 Å². The molecule has 0 fully saturated rings. The van der Waals surface area contributed by atoms with E-state index in [1.807, 2.05) is 0 Å². The number of hydrogen-bond acceptors (Lipinski definition) is 2. The van der Waals surface area contributed by atoms with Crippen molar-refractivity contribution in [3.05, 3.63) is 0 Å². The number of esters is 1. The fourth-order valence-corrected chi connectivity index (χ4v) is 0.312. The molecule has 0 rings (SSSR count). The molecule has 0 aliphatic rings. The number of carbonyl (C=O) groups excluding carboxylic acids is 1. The lowest BCUT2D eigenvalue weighted by Gasteiger charge is -2.08. The van der Waals surface area contributed by atoms with Crippen molar-refractivity contribution in [2.24, 2.45) is 0 Å². The minimum atomic E-state index is -2.38. The summed E-state index contributed by atoms with van der Waals surface area (Å²) in [7, 11) is 0. The first-order valence-corrected chi connectivity index (χ1v) is 2.91. The number of carbonyl (C=O) groups is 1. The van der Waals surface area contributed by atoms with E-state index in [-0.39, 0.29) is 6.61 Å². The number of halogens is 2. The third-order valence-electron chi connectivity index (χ3n) is 0.634. The highest BCUT2D eigenvalue weighted by atomic mass is 35.5. The van der Waals surface area contributed by atoms with Crippen molar-refractivity contribution in [3.8, 4) is 0 Å². The Morgan fingerprint density at radius 3 is 2.44 bits per heavy atom. The number of hydrogen-bond donors (Lipinski definition) is 0. The van der Waals surface area contributed by atoms with Crippen LogP contribution in [0.4, 0.5) is 4.39 Å². The maximum Gasteiger partial charge on any atom is 0.359 e. The third-order valence-corrected chi connectivity index (χ3v) is 0.788.